The van der Waals surface area contributed by atoms with Crippen LogP contribution in [0.3, 0.4) is 0 Å². The molecule has 0 aliphatic heterocycles. The summed E-state index contributed by atoms with van der Waals surface area (Å²) in [6.45, 7) is 11.9. The Labute approximate surface area is 87.9 Å². The lowest BCUT2D eigenvalue weighted by Crippen LogP contribution is -2.13. The summed E-state index contributed by atoms with van der Waals surface area (Å²) >= 11 is 0. The fourth-order valence-corrected chi connectivity index (χ4v) is 1.52. The molecule has 0 fully saturated rings. The van der Waals surface area contributed by atoms with Gasteiger partial charge in [-0.2, -0.15) is 0 Å². The van der Waals surface area contributed by atoms with E-state index in [-0.39, 0.29) is 11.2 Å². The summed E-state index contributed by atoms with van der Waals surface area (Å²) < 4.78 is 0. The number of rotatable bonds is 6. The van der Waals surface area contributed by atoms with Crippen LogP contribution in [0.15, 0.2) is 24.3 Å². The lowest BCUT2D eigenvalue weighted by Gasteiger charge is -2.23. The van der Waals surface area contributed by atoms with Crippen LogP contribution in [-0.2, 0) is 4.79 Å². The standard InChI is InChI=1S/C13H22O/c1-6-9-13(5,8-3)10-11(4)12(14)7-2/h6,10H,1,7-9H2,2-5H3/b11-10+. The molecular weight excluding hydrogens is 172 g/mol. The zero-order chi connectivity index (χ0) is 11.2. The Bertz CT molecular complexity index is 238. The predicted octanol–water partition coefficient (Wildman–Crippen LogP) is 3.90. The van der Waals surface area contributed by atoms with Crippen molar-refractivity contribution in [2.45, 2.75) is 47.0 Å². The van der Waals surface area contributed by atoms with Crippen molar-refractivity contribution in [3.05, 3.63) is 24.3 Å². The second-order valence-corrected chi connectivity index (χ2v) is 4.10. The molecule has 1 unspecified atom stereocenters. The van der Waals surface area contributed by atoms with Crippen LogP contribution in [0.25, 0.3) is 0 Å². The van der Waals surface area contributed by atoms with Gasteiger partial charge in [-0.15, -0.1) is 6.58 Å². The van der Waals surface area contributed by atoms with Crippen molar-refractivity contribution in [1.29, 1.82) is 0 Å². The maximum absolute atomic E-state index is 11.4. The summed E-state index contributed by atoms with van der Waals surface area (Å²) in [5.74, 6) is 0.244. The molecule has 0 heterocycles. The van der Waals surface area contributed by atoms with Crippen molar-refractivity contribution in [3.63, 3.8) is 0 Å². The minimum Gasteiger partial charge on any atom is -0.295 e. The van der Waals surface area contributed by atoms with Crippen molar-refractivity contribution >= 4 is 5.78 Å². The third-order valence-electron chi connectivity index (χ3n) is 2.74. The predicted molar refractivity (Wildman–Crippen MR) is 62.3 cm³/mol. The van der Waals surface area contributed by atoms with Gasteiger partial charge in [-0.3, -0.25) is 4.79 Å². The average Bonchev–Trinajstić information content (AvgIpc) is 2.16. The molecule has 0 aromatic rings. The van der Waals surface area contributed by atoms with Gasteiger partial charge < -0.3 is 0 Å². The molecule has 0 aliphatic carbocycles. The molecule has 14 heavy (non-hydrogen) atoms. The topological polar surface area (TPSA) is 17.1 Å². The molecular formula is C13H22O. The van der Waals surface area contributed by atoms with Crippen LogP contribution < -0.4 is 0 Å². The quantitative estimate of drug-likeness (QED) is 0.463. The largest absolute Gasteiger partial charge is 0.295 e. The van der Waals surface area contributed by atoms with Crippen LogP contribution in [0.5, 0.6) is 0 Å². The van der Waals surface area contributed by atoms with E-state index in [2.05, 4.69) is 26.5 Å². The first kappa shape index (κ1) is 13.2. The summed E-state index contributed by atoms with van der Waals surface area (Å²) in [5, 5.41) is 0. The Morgan fingerprint density at radius 1 is 1.43 bits per heavy atom. The lowest BCUT2D eigenvalue weighted by molar-refractivity contribution is -0.115. The molecule has 1 nitrogen and oxygen atoms in total. The van der Waals surface area contributed by atoms with Gasteiger partial charge in [0.2, 0.25) is 0 Å². The van der Waals surface area contributed by atoms with Gasteiger partial charge in [-0.25, -0.2) is 0 Å². The molecule has 0 amide bonds. The van der Waals surface area contributed by atoms with Crippen molar-refractivity contribution in [2.24, 2.45) is 5.41 Å². The van der Waals surface area contributed by atoms with Gasteiger partial charge >= 0.3 is 0 Å². The van der Waals surface area contributed by atoms with E-state index in [1.165, 1.54) is 0 Å². The second-order valence-electron chi connectivity index (χ2n) is 4.10. The molecule has 1 atom stereocenters. The van der Waals surface area contributed by atoms with Crippen LogP contribution in [0.1, 0.15) is 47.0 Å². The Morgan fingerprint density at radius 3 is 2.36 bits per heavy atom. The molecule has 0 saturated heterocycles. The lowest BCUT2D eigenvalue weighted by atomic mass is 9.82. The van der Waals surface area contributed by atoms with Gasteiger partial charge in [-0.1, -0.05) is 32.9 Å². The summed E-state index contributed by atoms with van der Waals surface area (Å²) in [6.07, 6.45) is 6.58. The van der Waals surface area contributed by atoms with Crippen molar-refractivity contribution in [1.82, 2.24) is 0 Å². The fourth-order valence-electron chi connectivity index (χ4n) is 1.52. The maximum atomic E-state index is 11.4. The molecule has 0 rings (SSSR count). The van der Waals surface area contributed by atoms with E-state index < -0.39 is 0 Å². The summed E-state index contributed by atoms with van der Waals surface area (Å²) in [7, 11) is 0. The Kier molecular flexibility index (Phi) is 5.44. The van der Waals surface area contributed by atoms with Crippen LogP contribution >= 0.6 is 0 Å². The zero-order valence-electron chi connectivity index (χ0n) is 9.89. The molecule has 0 bridgehead atoms. The summed E-state index contributed by atoms with van der Waals surface area (Å²) in [6, 6.07) is 0. The van der Waals surface area contributed by atoms with Gasteiger partial charge in [0.15, 0.2) is 5.78 Å². The van der Waals surface area contributed by atoms with Crippen LogP contribution in [-0.4, -0.2) is 5.78 Å². The van der Waals surface area contributed by atoms with E-state index in [1.54, 1.807) is 0 Å². The number of hydrogen-bond donors (Lipinski definition) is 0. The van der Waals surface area contributed by atoms with E-state index in [4.69, 9.17) is 0 Å². The smallest absolute Gasteiger partial charge is 0.158 e. The highest BCUT2D eigenvalue weighted by Gasteiger charge is 2.18. The van der Waals surface area contributed by atoms with E-state index in [9.17, 15) is 4.79 Å². The molecule has 0 spiro atoms. The first-order chi connectivity index (χ1) is 6.49. The van der Waals surface area contributed by atoms with Crippen LogP contribution in [0.4, 0.5) is 0 Å². The number of carbonyl (C=O) groups is 1. The number of Topliss-reactive ketones (excluding diaryl/α,β-unsaturated/α-hetero) is 1. The number of allylic oxidation sites excluding steroid dienone is 3. The Morgan fingerprint density at radius 2 is 2.00 bits per heavy atom. The molecule has 0 radical (unpaired) electrons. The normalized spacial score (nSPS) is 16.1. The Hall–Kier alpha value is -0.850. The van der Waals surface area contributed by atoms with Crippen molar-refractivity contribution < 1.29 is 4.79 Å². The molecule has 0 saturated carbocycles. The number of carbonyl (C=O) groups excluding carboxylic acids is 1. The highest BCUT2D eigenvalue weighted by molar-refractivity contribution is 5.94. The summed E-state index contributed by atoms with van der Waals surface area (Å²) in [4.78, 5) is 11.4. The first-order valence-electron chi connectivity index (χ1n) is 5.32. The van der Waals surface area contributed by atoms with Gasteiger partial charge in [0.25, 0.3) is 0 Å². The summed E-state index contributed by atoms with van der Waals surface area (Å²) in [5.41, 5.74) is 0.982. The Balaban J connectivity index is 4.71. The van der Waals surface area contributed by atoms with E-state index in [0.29, 0.717) is 6.42 Å². The van der Waals surface area contributed by atoms with Crippen molar-refractivity contribution in [3.8, 4) is 0 Å². The highest BCUT2D eigenvalue weighted by Crippen LogP contribution is 2.29. The third kappa shape index (κ3) is 3.91. The molecule has 0 aromatic carbocycles. The highest BCUT2D eigenvalue weighted by atomic mass is 16.1. The SMILES string of the molecule is C=CCC(C)(/C=C(\C)C(=O)CC)CC. The van der Waals surface area contributed by atoms with E-state index in [1.807, 2.05) is 19.9 Å². The fraction of sp³-hybridized carbons (Fsp3) is 0.615. The van der Waals surface area contributed by atoms with Crippen LogP contribution in [0, 0.1) is 5.41 Å². The van der Waals surface area contributed by atoms with Crippen LogP contribution in [0.2, 0.25) is 0 Å². The average molecular weight is 194 g/mol. The number of hydrogen-bond acceptors (Lipinski definition) is 1. The minimum atomic E-state index is 0.0939. The minimum absolute atomic E-state index is 0.0939. The van der Waals surface area contributed by atoms with Gasteiger partial charge in [0.05, 0.1) is 0 Å². The molecule has 0 aliphatic rings. The third-order valence-corrected chi connectivity index (χ3v) is 2.74. The second kappa shape index (κ2) is 5.79. The monoisotopic (exact) mass is 194 g/mol. The first-order valence-corrected chi connectivity index (χ1v) is 5.32. The molecule has 0 N–H and O–H groups in total. The van der Waals surface area contributed by atoms with Gasteiger partial charge in [-0.05, 0) is 30.8 Å². The molecule has 80 valence electrons. The van der Waals surface area contributed by atoms with E-state index >= 15 is 0 Å². The molecule has 0 aromatic heterocycles. The van der Waals surface area contributed by atoms with Gasteiger partial charge in [0, 0.05) is 6.42 Å². The maximum Gasteiger partial charge on any atom is 0.158 e. The zero-order valence-corrected chi connectivity index (χ0v) is 9.89. The molecule has 1 heteroatoms. The number of ketones is 1. The van der Waals surface area contributed by atoms with Crippen molar-refractivity contribution in [2.75, 3.05) is 0 Å². The van der Waals surface area contributed by atoms with Gasteiger partial charge in [0.1, 0.15) is 0 Å². The van der Waals surface area contributed by atoms with E-state index in [0.717, 1.165) is 18.4 Å².